The van der Waals surface area contributed by atoms with Gasteiger partial charge in [0.15, 0.2) is 0 Å². The van der Waals surface area contributed by atoms with E-state index in [0.717, 1.165) is 12.8 Å². The summed E-state index contributed by atoms with van der Waals surface area (Å²) in [5.74, 6) is 2.18. The monoisotopic (exact) mass is 359 g/mol. The van der Waals surface area contributed by atoms with E-state index in [0.29, 0.717) is 42.4 Å². The summed E-state index contributed by atoms with van der Waals surface area (Å²) in [6.07, 6.45) is 9.74. The van der Waals surface area contributed by atoms with Gasteiger partial charge < -0.3 is 10.1 Å². The minimum atomic E-state index is 0.0185. The SMILES string of the molecule is C=C1CC[C@H]2[C@@H]3CC[C@H]4C[C@@H](OC(C)C)CC[C@]4(C)[C@H]3NC(=O)C[C@]12C. The van der Waals surface area contributed by atoms with Gasteiger partial charge in [-0.3, -0.25) is 4.79 Å². The summed E-state index contributed by atoms with van der Waals surface area (Å²) in [6.45, 7) is 13.4. The molecule has 0 aromatic rings. The van der Waals surface area contributed by atoms with Crippen molar-refractivity contribution in [3.63, 3.8) is 0 Å². The number of carbonyl (C=O) groups excluding carboxylic acids is 1. The van der Waals surface area contributed by atoms with Crippen molar-refractivity contribution in [2.45, 2.75) is 97.3 Å². The number of fused-ring (bicyclic) bond motifs is 5. The van der Waals surface area contributed by atoms with Gasteiger partial charge >= 0.3 is 0 Å². The predicted molar refractivity (Wildman–Crippen MR) is 105 cm³/mol. The van der Waals surface area contributed by atoms with E-state index in [1.807, 2.05) is 0 Å². The van der Waals surface area contributed by atoms with Crippen LogP contribution in [0.25, 0.3) is 0 Å². The third kappa shape index (κ3) is 2.77. The van der Waals surface area contributed by atoms with Crippen molar-refractivity contribution >= 4 is 5.91 Å². The third-order valence-corrected chi connectivity index (χ3v) is 8.68. The van der Waals surface area contributed by atoms with E-state index < -0.39 is 0 Å². The van der Waals surface area contributed by atoms with Crippen LogP contribution >= 0.6 is 0 Å². The van der Waals surface area contributed by atoms with E-state index in [4.69, 9.17) is 4.74 Å². The number of nitrogens with one attached hydrogen (secondary N) is 1. The van der Waals surface area contributed by atoms with Crippen LogP contribution in [0.2, 0.25) is 0 Å². The molecule has 4 rings (SSSR count). The van der Waals surface area contributed by atoms with E-state index in [-0.39, 0.29) is 16.7 Å². The number of amides is 1. The van der Waals surface area contributed by atoms with Gasteiger partial charge in [0, 0.05) is 17.9 Å². The predicted octanol–water partition coefficient (Wildman–Crippen LogP) is 4.86. The number of hydrogen-bond donors (Lipinski definition) is 1. The van der Waals surface area contributed by atoms with E-state index in [2.05, 4.69) is 39.6 Å². The van der Waals surface area contributed by atoms with Crippen LogP contribution < -0.4 is 5.32 Å². The highest BCUT2D eigenvalue weighted by atomic mass is 16.5. The number of allylic oxidation sites excluding steroid dienone is 1. The maximum atomic E-state index is 12.9. The topological polar surface area (TPSA) is 38.3 Å². The summed E-state index contributed by atoms with van der Waals surface area (Å²) in [4.78, 5) is 12.9. The molecule has 1 amide bonds. The molecule has 4 fully saturated rings. The van der Waals surface area contributed by atoms with Crippen LogP contribution in [-0.4, -0.2) is 24.2 Å². The van der Waals surface area contributed by atoms with Crippen molar-refractivity contribution in [3.8, 4) is 0 Å². The lowest BCUT2D eigenvalue weighted by atomic mass is 9.52. The van der Waals surface area contributed by atoms with Gasteiger partial charge in [-0.1, -0.05) is 26.0 Å². The standard InChI is InChI=1S/C23H37NO2/c1-14(2)26-17-10-11-22(4)16(12-17)7-8-18-19-9-6-15(3)23(19,5)13-20(25)24-21(18)22/h14,16-19,21H,3,6-13H2,1-2,4-5H3,(H,24,25)/t16-,17-,18-,19-,21-,22-,23+/m0/s1. The summed E-state index contributed by atoms with van der Waals surface area (Å²) >= 11 is 0. The molecule has 3 heteroatoms. The number of carbonyl (C=O) groups is 1. The van der Waals surface area contributed by atoms with Crippen molar-refractivity contribution in [2.75, 3.05) is 0 Å². The normalized spacial score (nSPS) is 48.4. The van der Waals surface area contributed by atoms with Crippen LogP contribution in [0.15, 0.2) is 12.2 Å². The Morgan fingerprint density at radius 2 is 1.96 bits per heavy atom. The largest absolute Gasteiger partial charge is 0.376 e. The number of hydrogen-bond acceptors (Lipinski definition) is 2. The van der Waals surface area contributed by atoms with Crippen LogP contribution in [0.5, 0.6) is 0 Å². The Kier molecular flexibility index (Phi) is 4.53. The van der Waals surface area contributed by atoms with E-state index >= 15 is 0 Å². The molecule has 3 aliphatic carbocycles. The molecule has 0 unspecified atom stereocenters. The Balaban J connectivity index is 1.61. The first kappa shape index (κ1) is 18.5. The van der Waals surface area contributed by atoms with Crippen LogP contribution in [0.3, 0.4) is 0 Å². The third-order valence-electron chi connectivity index (χ3n) is 8.68. The molecule has 0 aromatic heterocycles. The minimum absolute atomic E-state index is 0.0185. The maximum Gasteiger partial charge on any atom is 0.221 e. The van der Waals surface area contributed by atoms with Crippen molar-refractivity contribution in [2.24, 2.45) is 28.6 Å². The van der Waals surface area contributed by atoms with E-state index in [1.54, 1.807) is 0 Å². The first-order chi connectivity index (χ1) is 12.2. The molecule has 1 heterocycles. The fourth-order valence-corrected chi connectivity index (χ4v) is 7.20. The second-order valence-electron chi connectivity index (χ2n) is 10.4. The molecule has 3 nitrogen and oxygen atoms in total. The Morgan fingerprint density at radius 1 is 1.19 bits per heavy atom. The highest BCUT2D eigenvalue weighted by molar-refractivity contribution is 5.78. The van der Waals surface area contributed by atoms with Crippen LogP contribution in [-0.2, 0) is 9.53 Å². The van der Waals surface area contributed by atoms with Gasteiger partial charge in [-0.25, -0.2) is 0 Å². The molecule has 4 aliphatic rings. The van der Waals surface area contributed by atoms with Crippen molar-refractivity contribution in [3.05, 3.63) is 12.2 Å². The highest BCUT2D eigenvalue weighted by Gasteiger charge is 2.58. The molecule has 0 radical (unpaired) electrons. The van der Waals surface area contributed by atoms with Crippen molar-refractivity contribution in [1.29, 1.82) is 0 Å². The second kappa shape index (κ2) is 6.36. The summed E-state index contributed by atoms with van der Waals surface area (Å²) in [5.41, 5.74) is 1.56. The molecule has 0 aromatic carbocycles. The molecule has 1 saturated heterocycles. The van der Waals surface area contributed by atoms with Gasteiger partial charge in [0.25, 0.3) is 0 Å². The molecule has 0 spiro atoms. The lowest BCUT2D eigenvalue weighted by molar-refractivity contribution is -0.127. The molecule has 26 heavy (non-hydrogen) atoms. The lowest BCUT2D eigenvalue weighted by Gasteiger charge is -2.56. The molecule has 1 N–H and O–H groups in total. The average molecular weight is 360 g/mol. The molecular formula is C23H37NO2. The zero-order chi connectivity index (χ0) is 18.7. The van der Waals surface area contributed by atoms with Crippen molar-refractivity contribution < 1.29 is 9.53 Å². The quantitative estimate of drug-likeness (QED) is 0.715. The van der Waals surface area contributed by atoms with Crippen molar-refractivity contribution in [1.82, 2.24) is 5.32 Å². The first-order valence-electron chi connectivity index (χ1n) is 10.9. The zero-order valence-corrected chi connectivity index (χ0v) is 17.1. The van der Waals surface area contributed by atoms with Gasteiger partial charge in [-0.05, 0) is 82.0 Å². The first-order valence-corrected chi connectivity index (χ1v) is 10.9. The Hall–Kier alpha value is -0.830. The number of rotatable bonds is 2. The Morgan fingerprint density at radius 3 is 2.69 bits per heavy atom. The van der Waals surface area contributed by atoms with Gasteiger partial charge in [0.1, 0.15) is 0 Å². The van der Waals surface area contributed by atoms with Gasteiger partial charge in [-0.2, -0.15) is 0 Å². The van der Waals surface area contributed by atoms with E-state index in [1.165, 1.54) is 37.7 Å². The summed E-state index contributed by atoms with van der Waals surface area (Å²) < 4.78 is 6.17. The Bertz CT molecular complexity index is 599. The maximum absolute atomic E-state index is 12.9. The molecule has 146 valence electrons. The number of ether oxygens (including phenoxy) is 1. The van der Waals surface area contributed by atoms with Crippen LogP contribution in [0, 0.1) is 28.6 Å². The Labute approximate surface area is 159 Å². The van der Waals surface area contributed by atoms with Gasteiger partial charge in [0.05, 0.1) is 12.2 Å². The molecule has 3 saturated carbocycles. The lowest BCUT2D eigenvalue weighted by Crippen LogP contribution is -2.59. The molecular weight excluding hydrogens is 322 g/mol. The zero-order valence-electron chi connectivity index (χ0n) is 17.1. The van der Waals surface area contributed by atoms with Gasteiger partial charge in [-0.15, -0.1) is 0 Å². The average Bonchev–Trinajstić information content (AvgIpc) is 2.77. The highest BCUT2D eigenvalue weighted by Crippen LogP contribution is 2.61. The van der Waals surface area contributed by atoms with E-state index in [9.17, 15) is 4.79 Å². The van der Waals surface area contributed by atoms with Crippen LogP contribution in [0.4, 0.5) is 0 Å². The molecule has 0 bridgehead atoms. The molecule has 7 atom stereocenters. The van der Waals surface area contributed by atoms with Crippen LogP contribution in [0.1, 0.15) is 79.1 Å². The fourth-order valence-electron chi connectivity index (χ4n) is 7.20. The summed E-state index contributed by atoms with van der Waals surface area (Å²) in [7, 11) is 0. The smallest absolute Gasteiger partial charge is 0.221 e. The second-order valence-corrected chi connectivity index (χ2v) is 10.4. The summed E-state index contributed by atoms with van der Waals surface area (Å²) in [6, 6.07) is 0.339. The molecule has 1 aliphatic heterocycles. The summed E-state index contributed by atoms with van der Waals surface area (Å²) in [5, 5.41) is 3.53. The fraction of sp³-hybridized carbons (Fsp3) is 0.870. The van der Waals surface area contributed by atoms with Gasteiger partial charge in [0.2, 0.25) is 5.91 Å². The minimum Gasteiger partial charge on any atom is -0.376 e.